The second-order valence-electron chi connectivity index (χ2n) is 7.57. The summed E-state index contributed by atoms with van der Waals surface area (Å²) in [7, 11) is 0. The van der Waals surface area contributed by atoms with Gasteiger partial charge in [-0.25, -0.2) is 0 Å². The van der Waals surface area contributed by atoms with Crippen LogP contribution in [0.3, 0.4) is 0 Å². The Balaban J connectivity index is 1.51. The number of esters is 1. The molecular weight excluding hydrogens is 358 g/mol. The van der Waals surface area contributed by atoms with Crippen LogP contribution in [0.1, 0.15) is 46.3 Å². The minimum absolute atomic E-state index is 0.000355. The number of hydrogen-bond donors (Lipinski definition) is 0. The molecule has 2 amide bonds. The van der Waals surface area contributed by atoms with Crippen LogP contribution in [0.25, 0.3) is 0 Å². The Kier molecular flexibility index (Phi) is 5.77. The van der Waals surface area contributed by atoms with Crippen molar-refractivity contribution in [3.8, 4) is 0 Å². The van der Waals surface area contributed by atoms with Crippen molar-refractivity contribution in [1.82, 2.24) is 4.90 Å². The number of benzene rings is 1. The molecule has 0 saturated carbocycles. The van der Waals surface area contributed by atoms with Gasteiger partial charge in [0.25, 0.3) is 0 Å². The molecule has 28 heavy (non-hydrogen) atoms. The summed E-state index contributed by atoms with van der Waals surface area (Å²) in [5.41, 5.74) is 3.48. The number of hydrogen-bond acceptors (Lipinski definition) is 5. The molecule has 3 rings (SSSR count). The predicted octanol–water partition coefficient (Wildman–Crippen LogP) is 2.68. The quantitative estimate of drug-likeness (QED) is 0.327. The number of rotatable bonds is 6. The molecule has 1 aromatic rings. The number of ether oxygens (including phenoxy) is 1. The van der Waals surface area contributed by atoms with Gasteiger partial charge in [0.05, 0.1) is 18.3 Å². The molecule has 2 atom stereocenters. The van der Waals surface area contributed by atoms with E-state index in [1.54, 1.807) is 6.07 Å². The molecule has 1 heterocycles. The van der Waals surface area contributed by atoms with E-state index in [0.717, 1.165) is 16.7 Å². The summed E-state index contributed by atoms with van der Waals surface area (Å²) in [6.07, 6.45) is 4.87. The van der Waals surface area contributed by atoms with Crippen molar-refractivity contribution >= 4 is 23.6 Å². The van der Waals surface area contributed by atoms with Crippen molar-refractivity contribution in [3.05, 3.63) is 46.5 Å². The summed E-state index contributed by atoms with van der Waals surface area (Å²) in [4.78, 5) is 50.3. The average molecular weight is 383 g/mol. The van der Waals surface area contributed by atoms with Gasteiger partial charge >= 0.3 is 5.97 Å². The van der Waals surface area contributed by atoms with Crippen LogP contribution in [0, 0.1) is 32.6 Å². The topological polar surface area (TPSA) is 80.8 Å². The fourth-order valence-corrected chi connectivity index (χ4v) is 3.85. The minimum atomic E-state index is -0.594. The van der Waals surface area contributed by atoms with Gasteiger partial charge in [-0.05, 0) is 56.4 Å². The SMILES string of the molecule is Cc1cc(C)c(C(=O)COC(=O)CCN2C(=O)[C@@H]3CC=CC[C@H]3C2=O)cc1C. The molecule has 6 nitrogen and oxygen atoms in total. The Morgan fingerprint density at radius 1 is 0.964 bits per heavy atom. The largest absolute Gasteiger partial charge is 0.457 e. The molecule has 148 valence electrons. The molecule has 0 N–H and O–H groups in total. The van der Waals surface area contributed by atoms with E-state index in [0.29, 0.717) is 18.4 Å². The van der Waals surface area contributed by atoms with Crippen molar-refractivity contribution in [3.63, 3.8) is 0 Å². The van der Waals surface area contributed by atoms with Crippen LogP contribution in [-0.4, -0.2) is 41.6 Å². The van der Waals surface area contributed by atoms with Crippen LogP contribution in [0.15, 0.2) is 24.3 Å². The Morgan fingerprint density at radius 3 is 2.14 bits per heavy atom. The molecule has 1 aliphatic heterocycles. The van der Waals surface area contributed by atoms with Gasteiger partial charge in [-0.2, -0.15) is 0 Å². The molecule has 6 heteroatoms. The van der Waals surface area contributed by atoms with E-state index in [1.807, 2.05) is 39.0 Å². The zero-order chi connectivity index (χ0) is 20.4. The first kappa shape index (κ1) is 20.0. The number of Topliss-reactive ketones (excluding diaryl/α,β-unsaturated/α-hetero) is 1. The fourth-order valence-electron chi connectivity index (χ4n) is 3.85. The maximum Gasteiger partial charge on any atom is 0.308 e. The number of ketones is 1. The lowest BCUT2D eigenvalue weighted by molar-refractivity contribution is -0.145. The molecular formula is C22H25NO5. The second kappa shape index (κ2) is 8.09. The highest BCUT2D eigenvalue weighted by molar-refractivity contribution is 6.05. The normalized spacial score (nSPS) is 21.0. The third-order valence-electron chi connectivity index (χ3n) is 5.64. The van der Waals surface area contributed by atoms with Crippen LogP contribution in [-0.2, 0) is 19.1 Å². The van der Waals surface area contributed by atoms with Crippen molar-refractivity contribution < 1.29 is 23.9 Å². The first-order valence-corrected chi connectivity index (χ1v) is 9.56. The summed E-state index contributed by atoms with van der Waals surface area (Å²) in [6.45, 7) is 5.40. The van der Waals surface area contributed by atoms with Gasteiger partial charge in [0.15, 0.2) is 6.61 Å². The molecule has 2 aliphatic rings. The van der Waals surface area contributed by atoms with Gasteiger partial charge in [0.1, 0.15) is 0 Å². The Morgan fingerprint density at radius 2 is 1.54 bits per heavy atom. The van der Waals surface area contributed by atoms with E-state index in [4.69, 9.17) is 4.74 Å². The van der Waals surface area contributed by atoms with Crippen LogP contribution in [0.5, 0.6) is 0 Å². The fraction of sp³-hybridized carbons (Fsp3) is 0.455. The summed E-state index contributed by atoms with van der Waals surface area (Å²) in [5.74, 6) is -1.89. The molecule has 0 radical (unpaired) electrons. The highest BCUT2D eigenvalue weighted by Gasteiger charge is 2.46. The monoisotopic (exact) mass is 383 g/mol. The molecule has 1 aromatic carbocycles. The molecule has 0 spiro atoms. The number of carbonyl (C=O) groups is 4. The third-order valence-corrected chi connectivity index (χ3v) is 5.64. The van der Waals surface area contributed by atoms with Crippen LogP contribution >= 0.6 is 0 Å². The summed E-state index contributed by atoms with van der Waals surface area (Å²) < 4.78 is 5.08. The molecule has 1 saturated heterocycles. The van der Waals surface area contributed by atoms with Crippen LogP contribution in [0.2, 0.25) is 0 Å². The lowest BCUT2D eigenvalue weighted by atomic mass is 9.85. The number of fused-ring (bicyclic) bond motifs is 1. The maximum atomic E-state index is 12.4. The number of allylic oxidation sites excluding steroid dienone is 2. The maximum absolute atomic E-state index is 12.4. The summed E-state index contributed by atoms with van der Waals surface area (Å²) >= 11 is 0. The van der Waals surface area contributed by atoms with Crippen LogP contribution < -0.4 is 0 Å². The third kappa shape index (κ3) is 3.91. The Labute approximate surface area is 164 Å². The van der Waals surface area contributed by atoms with E-state index in [9.17, 15) is 19.2 Å². The zero-order valence-electron chi connectivity index (χ0n) is 16.5. The van der Waals surface area contributed by atoms with Gasteiger partial charge in [-0.3, -0.25) is 24.1 Å². The van der Waals surface area contributed by atoms with E-state index < -0.39 is 5.97 Å². The number of aryl methyl sites for hydroxylation is 3. The second-order valence-corrected chi connectivity index (χ2v) is 7.57. The van der Waals surface area contributed by atoms with Gasteiger partial charge in [0.2, 0.25) is 17.6 Å². The number of amides is 2. The zero-order valence-corrected chi connectivity index (χ0v) is 16.5. The van der Waals surface area contributed by atoms with E-state index in [1.165, 1.54) is 4.90 Å². The molecule has 0 unspecified atom stereocenters. The molecule has 1 fully saturated rings. The Hall–Kier alpha value is -2.76. The number of carbonyl (C=O) groups excluding carboxylic acids is 4. The van der Waals surface area contributed by atoms with Crippen molar-refractivity contribution in [2.75, 3.05) is 13.2 Å². The lowest BCUT2D eigenvalue weighted by Crippen LogP contribution is -2.33. The smallest absolute Gasteiger partial charge is 0.308 e. The van der Waals surface area contributed by atoms with Gasteiger partial charge in [-0.15, -0.1) is 0 Å². The van der Waals surface area contributed by atoms with Crippen LogP contribution in [0.4, 0.5) is 0 Å². The summed E-state index contributed by atoms with van der Waals surface area (Å²) in [5, 5.41) is 0. The highest BCUT2D eigenvalue weighted by atomic mass is 16.5. The van der Waals surface area contributed by atoms with Gasteiger partial charge in [0, 0.05) is 12.1 Å². The standard InChI is InChI=1S/C22H25NO5/c1-13-10-15(3)18(11-14(13)2)19(24)12-28-20(25)8-9-23-21(26)16-6-4-5-7-17(16)22(23)27/h4-5,10-11,16-17H,6-9,12H2,1-3H3/t16-,17-/m1/s1. The van der Waals surface area contributed by atoms with Crippen molar-refractivity contribution in [1.29, 1.82) is 0 Å². The van der Waals surface area contributed by atoms with Crippen molar-refractivity contribution in [2.24, 2.45) is 11.8 Å². The van der Waals surface area contributed by atoms with E-state index >= 15 is 0 Å². The molecule has 1 aliphatic carbocycles. The lowest BCUT2D eigenvalue weighted by Gasteiger charge is -2.14. The molecule has 0 aromatic heterocycles. The first-order chi connectivity index (χ1) is 13.3. The first-order valence-electron chi connectivity index (χ1n) is 9.56. The number of imide groups is 1. The van der Waals surface area contributed by atoms with Gasteiger partial charge in [-0.1, -0.05) is 18.2 Å². The minimum Gasteiger partial charge on any atom is -0.457 e. The number of likely N-dealkylation sites (tertiary alicyclic amines) is 1. The highest BCUT2D eigenvalue weighted by Crippen LogP contribution is 2.35. The van der Waals surface area contributed by atoms with Crippen molar-refractivity contribution in [2.45, 2.75) is 40.0 Å². The predicted molar refractivity (Wildman–Crippen MR) is 103 cm³/mol. The Bertz CT molecular complexity index is 844. The number of nitrogens with zero attached hydrogens (tertiary/aromatic N) is 1. The molecule has 0 bridgehead atoms. The van der Waals surface area contributed by atoms with E-state index in [-0.39, 0.29) is 49.0 Å². The summed E-state index contributed by atoms with van der Waals surface area (Å²) in [6, 6.07) is 3.74. The van der Waals surface area contributed by atoms with Gasteiger partial charge < -0.3 is 4.74 Å². The average Bonchev–Trinajstić information content (AvgIpc) is 2.92. The van der Waals surface area contributed by atoms with E-state index in [2.05, 4.69) is 0 Å².